The van der Waals surface area contributed by atoms with E-state index in [0.29, 0.717) is 6.04 Å². The van der Waals surface area contributed by atoms with Crippen LogP contribution < -0.4 is 11.1 Å². The van der Waals surface area contributed by atoms with E-state index in [1.807, 2.05) is 6.92 Å². The highest BCUT2D eigenvalue weighted by Gasteiger charge is 2.19. The van der Waals surface area contributed by atoms with Crippen LogP contribution in [0, 0.1) is 0 Å². The lowest BCUT2D eigenvalue weighted by Crippen LogP contribution is -2.45. The summed E-state index contributed by atoms with van der Waals surface area (Å²) in [5.41, 5.74) is 5.69. The number of rotatable bonds is 6. The Morgan fingerprint density at radius 1 is 1.14 bits per heavy atom. The Morgan fingerprint density at radius 3 is 2.23 bits per heavy atom. The van der Waals surface area contributed by atoms with E-state index in [4.69, 9.17) is 19.0 Å². The van der Waals surface area contributed by atoms with E-state index in [1.165, 1.54) is 31.7 Å². The number of nitrogens with one attached hydrogen (secondary N) is 1. The van der Waals surface area contributed by atoms with Crippen LogP contribution in [0.3, 0.4) is 0 Å². The first-order valence-corrected chi connectivity index (χ1v) is 13.2. The van der Waals surface area contributed by atoms with E-state index in [1.54, 1.807) is 0 Å². The maximum Gasteiger partial charge on any atom is 0.321 e. The molecule has 2 heterocycles. The summed E-state index contributed by atoms with van der Waals surface area (Å²) >= 11 is 0. The Kier molecular flexibility index (Phi) is 11.6. The largest absolute Gasteiger partial charge is 0.420 e. The van der Waals surface area contributed by atoms with Gasteiger partial charge in [0.25, 0.3) is 0 Å². The van der Waals surface area contributed by atoms with E-state index in [0.717, 1.165) is 32.3 Å². The minimum Gasteiger partial charge on any atom is -0.420 e. The SMILES string of the molecule is CCC(CO[SiH]1CCCCO1)NC(C)N.C[SiH]1CCCCO1. The molecule has 4 unspecified atom stereocenters. The van der Waals surface area contributed by atoms with E-state index < -0.39 is 18.3 Å². The van der Waals surface area contributed by atoms with Gasteiger partial charge in [0, 0.05) is 19.3 Å². The first-order chi connectivity index (χ1) is 10.6. The van der Waals surface area contributed by atoms with Crippen LogP contribution in [-0.2, 0) is 13.3 Å². The van der Waals surface area contributed by atoms with Crippen LogP contribution in [0.1, 0.15) is 46.0 Å². The molecule has 2 aliphatic rings. The molecule has 22 heavy (non-hydrogen) atoms. The van der Waals surface area contributed by atoms with Crippen molar-refractivity contribution in [3.8, 4) is 0 Å². The predicted octanol–water partition coefficient (Wildman–Crippen LogP) is 1.86. The lowest BCUT2D eigenvalue weighted by Gasteiger charge is -2.25. The Balaban J connectivity index is 0.000000287. The normalized spacial score (nSPS) is 28.4. The zero-order chi connectivity index (χ0) is 16.2. The van der Waals surface area contributed by atoms with Crippen molar-refractivity contribution in [2.75, 3.05) is 19.8 Å². The molecular weight excluding hydrogens is 312 g/mol. The number of hydrogen-bond acceptors (Lipinski definition) is 5. The van der Waals surface area contributed by atoms with Gasteiger partial charge in [0.2, 0.25) is 0 Å². The molecule has 0 aromatic heterocycles. The third-order valence-electron chi connectivity index (χ3n) is 4.02. The van der Waals surface area contributed by atoms with E-state index in [9.17, 15) is 0 Å². The van der Waals surface area contributed by atoms with Gasteiger partial charge in [-0.05, 0) is 51.2 Å². The minimum atomic E-state index is -1.32. The molecule has 0 bridgehead atoms. The van der Waals surface area contributed by atoms with Gasteiger partial charge < -0.3 is 19.0 Å². The van der Waals surface area contributed by atoms with Gasteiger partial charge in [-0.1, -0.05) is 13.3 Å². The second-order valence-corrected chi connectivity index (χ2v) is 11.0. The van der Waals surface area contributed by atoms with Crippen LogP contribution in [0.15, 0.2) is 0 Å². The molecule has 2 aliphatic heterocycles. The molecule has 0 amide bonds. The Labute approximate surface area is 139 Å². The summed E-state index contributed by atoms with van der Waals surface area (Å²) in [6, 6.07) is 2.93. The lowest BCUT2D eigenvalue weighted by atomic mass is 10.2. The van der Waals surface area contributed by atoms with E-state index in [2.05, 4.69) is 18.8 Å². The van der Waals surface area contributed by atoms with Crippen molar-refractivity contribution in [1.29, 1.82) is 0 Å². The molecule has 0 aliphatic carbocycles. The third-order valence-corrected chi connectivity index (χ3v) is 8.10. The molecule has 3 N–H and O–H groups in total. The van der Waals surface area contributed by atoms with Gasteiger partial charge in [0.15, 0.2) is 9.04 Å². The van der Waals surface area contributed by atoms with Crippen LogP contribution in [0.2, 0.25) is 18.6 Å². The van der Waals surface area contributed by atoms with E-state index >= 15 is 0 Å². The highest BCUT2D eigenvalue weighted by atomic mass is 28.3. The molecule has 132 valence electrons. The second kappa shape index (κ2) is 12.6. The predicted molar refractivity (Wildman–Crippen MR) is 97.0 cm³/mol. The molecule has 0 spiro atoms. The fraction of sp³-hybridized carbons (Fsp3) is 1.00. The van der Waals surface area contributed by atoms with Crippen LogP contribution in [0.25, 0.3) is 0 Å². The van der Waals surface area contributed by atoms with Gasteiger partial charge >= 0.3 is 9.28 Å². The molecule has 5 nitrogen and oxygen atoms in total. The van der Waals surface area contributed by atoms with Gasteiger partial charge in [-0.25, -0.2) is 0 Å². The van der Waals surface area contributed by atoms with E-state index in [-0.39, 0.29) is 6.17 Å². The topological polar surface area (TPSA) is 65.7 Å². The fourth-order valence-corrected chi connectivity index (χ4v) is 6.15. The second-order valence-electron chi connectivity index (χ2n) is 6.37. The maximum absolute atomic E-state index is 5.84. The summed E-state index contributed by atoms with van der Waals surface area (Å²) in [6.45, 7) is 9.07. The average molecular weight is 349 g/mol. The molecule has 7 heteroatoms. The zero-order valence-corrected chi connectivity index (χ0v) is 17.0. The van der Waals surface area contributed by atoms with Gasteiger partial charge in [0.1, 0.15) is 0 Å². The van der Waals surface area contributed by atoms with Gasteiger partial charge in [-0.15, -0.1) is 0 Å². The van der Waals surface area contributed by atoms with Crippen molar-refractivity contribution in [2.24, 2.45) is 5.73 Å². The standard InChI is InChI=1S/C10H24N2O2Si.C5H12OSi/c1-3-10(12-9(2)11)8-14-15-7-5-4-6-13-15;1-7-5-3-2-4-6-7/h9-10,12,15H,3-8,11H2,1-2H3;7H,2-5H2,1H3. The van der Waals surface area contributed by atoms with Crippen molar-refractivity contribution in [3.63, 3.8) is 0 Å². The molecular formula is C15H36N2O3Si2. The van der Waals surface area contributed by atoms with Gasteiger partial charge in [-0.2, -0.15) is 0 Å². The van der Waals surface area contributed by atoms with Gasteiger partial charge in [-0.3, -0.25) is 5.32 Å². The van der Waals surface area contributed by atoms with Crippen LogP contribution >= 0.6 is 0 Å². The minimum absolute atomic E-state index is 0.0347. The molecule has 2 saturated heterocycles. The first kappa shape index (κ1) is 20.3. The molecule has 0 aromatic carbocycles. The smallest absolute Gasteiger partial charge is 0.321 e. The van der Waals surface area contributed by atoms with Crippen molar-refractivity contribution in [3.05, 3.63) is 0 Å². The fourth-order valence-electron chi connectivity index (χ4n) is 2.62. The summed E-state index contributed by atoms with van der Waals surface area (Å²) < 4.78 is 16.9. The summed E-state index contributed by atoms with van der Waals surface area (Å²) in [5.74, 6) is 0. The molecule has 0 saturated carbocycles. The highest BCUT2D eigenvalue weighted by molar-refractivity contribution is 6.50. The average Bonchev–Trinajstić information content (AvgIpc) is 2.53. The number of nitrogens with two attached hydrogens (primary N) is 1. The van der Waals surface area contributed by atoms with Crippen LogP contribution in [0.5, 0.6) is 0 Å². The highest BCUT2D eigenvalue weighted by Crippen LogP contribution is 2.12. The van der Waals surface area contributed by atoms with Crippen molar-refractivity contribution >= 4 is 18.3 Å². The molecule has 0 aromatic rings. The monoisotopic (exact) mass is 348 g/mol. The van der Waals surface area contributed by atoms with Crippen molar-refractivity contribution < 1.29 is 13.3 Å². The summed E-state index contributed by atoms with van der Waals surface area (Å²) in [4.78, 5) is 0. The van der Waals surface area contributed by atoms with Crippen LogP contribution in [0.4, 0.5) is 0 Å². The number of hydrogen-bond donors (Lipinski definition) is 2. The van der Waals surface area contributed by atoms with Gasteiger partial charge in [0.05, 0.1) is 12.8 Å². The van der Waals surface area contributed by atoms with Crippen molar-refractivity contribution in [1.82, 2.24) is 5.32 Å². The van der Waals surface area contributed by atoms with Crippen molar-refractivity contribution in [2.45, 2.75) is 76.8 Å². The molecule has 4 atom stereocenters. The van der Waals surface area contributed by atoms with Crippen LogP contribution in [-0.4, -0.2) is 50.4 Å². The summed E-state index contributed by atoms with van der Waals surface area (Å²) in [7, 11) is -1.92. The molecule has 2 fully saturated rings. The lowest BCUT2D eigenvalue weighted by molar-refractivity contribution is 0.158. The molecule has 2 rings (SSSR count). The Morgan fingerprint density at radius 2 is 1.82 bits per heavy atom. The third kappa shape index (κ3) is 10.1. The molecule has 0 radical (unpaired) electrons. The Bertz CT molecular complexity index is 261. The zero-order valence-electron chi connectivity index (χ0n) is 14.7. The summed E-state index contributed by atoms with van der Waals surface area (Å²) in [5, 5.41) is 3.29. The maximum atomic E-state index is 5.84. The Hall–Kier alpha value is 0.234. The first-order valence-electron chi connectivity index (χ1n) is 8.98. The summed E-state index contributed by atoms with van der Waals surface area (Å²) in [6.07, 6.45) is 6.27. The quantitative estimate of drug-likeness (QED) is 0.566.